The van der Waals surface area contributed by atoms with Crippen LogP contribution in [0.3, 0.4) is 0 Å². The molecule has 0 aromatic carbocycles. The zero-order valence-corrected chi connectivity index (χ0v) is 12.3. The van der Waals surface area contributed by atoms with Crippen molar-refractivity contribution in [1.29, 1.82) is 0 Å². The molecule has 1 aromatic heterocycles. The van der Waals surface area contributed by atoms with Crippen molar-refractivity contribution < 1.29 is 4.39 Å². The van der Waals surface area contributed by atoms with Crippen molar-refractivity contribution >= 4 is 11.8 Å². The summed E-state index contributed by atoms with van der Waals surface area (Å²) in [6.45, 7) is 8.10. The summed E-state index contributed by atoms with van der Waals surface area (Å²) in [6.07, 6.45) is 4.73. The van der Waals surface area contributed by atoms with Crippen LogP contribution in [0.2, 0.25) is 0 Å². The predicted octanol–water partition coefficient (Wildman–Crippen LogP) is 2.33. The van der Waals surface area contributed by atoms with Gasteiger partial charge < -0.3 is 15.5 Å². The second-order valence-electron chi connectivity index (χ2n) is 5.37. The van der Waals surface area contributed by atoms with Crippen molar-refractivity contribution in [3.05, 3.63) is 12.0 Å². The minimum atomic E-state index is -0.402. The lowest BCUT2D eigenvalue weighted by molar-refractivity contribution is 0.327. The molecule has 6 heteroatoms. The maximum absolute atomic E-state index is 13.7. The molecule has 5 nitrogen and oxygen atoms in total. The average molecular weight is 281 g/mol. The summed E-state index contributed by atoms with van der Waals surface area (Å²) in [4.78, 5) is 10.5. The van der Waals surface area contributed by atoms with Gasteiger partial charge in [0.1, 0.15) is 0 Å². The summed E-state index contributed by atoms with van der Waals surface area (Å²) < 4.78 is 13.7. The van der Waals surface area contributed by atoms with E-state index >= 15 is 0 Å². The molecule has 0 spiro atoms. The molecule has 1 atom stereocenters. The van der Waals surface area contributed by atoms with Crippen LogP contribution in [0.25, 0.3) is 0 Å². The number of hydrogen-bond donors (Lipinski definition) is 2. The molecule has 1 aliphatic heterocycles. The standard InChI is InChI=1S/C14H24FN5/c1-3-6-16-14-17-9-12(15)13(19-14)18-11(2)10-20-7-4-5-8-20/h9,11H,3-8,10H2,1-2H3,(H2,16,17,18,19). The zero-order valence-electron chi connectivity index (χ0n) is 12.3. The fourth-order valence-electron chi connectivity index (χ4n) is 2.42. The topological polar surface area (TPSA) is 53.1 Å². The Balaban J connectivity index is 1.92. The van der Waals surface area contributed by atoms with Gasteiger partial charge in [-0.3, -0.25) is 0 Å². The van der Waals surface area contributed by atoms with E-state index < -0.39 is 5.82 Å². The number of anilines is 2. The van der Waals surface area contributed by atoms with Crippen LogP contribution in [-0.4, -0.2) is 47.1 Å². The molecule has 2 rings (SSSR count). The van der Waals surface area contributed by atoms with Gasteiger partial charge in [0, 0.05) is 19.1 Å². The van der Waals surface area contributed by atoms with E-state index in [0.29, 0.717) is 5.95 Å². The Morgan fingerprint density at radius 3 is 2.85 bits per heavy atom. The number of rotatable bonds is 7. The first kappa shape index (κ1) is 15.0. The van der Waals surface area contributed by atoms with Crippen LogP contribution >= 0.6 is 0 Å². The van der Waals surface area contributed by atoms with Crippen molar-refractivity contribution in [2.24, 2.45) is 0 Å². The summed E-state index contributed by atoms with van der Waals surface area (Å²) in [7, 11) is 0. The Bertz CT molecular complexity index is 420. The fourth-order valence-corrected chi connectivity index (χ4v) is 2.42. The van der Waals surface area contributed by atoms with Gasteiger partial charge in [0.05, 0.1) is 6.20 Å². The van der Waals surface area contributed by atoms with E-state index in [4.69, 9.17) is 0 Å². The monoisotopic (exact) mass is 281 g/mol. The Kier molecular flexibility index (Phi) is 5.52. The lowest BCUT2D eigenvalue weighted by atomic mass is 10.3. The van der Waals surface area contributed by atoms with E-state index in [1.54, 1.807) is 0 Å². The summed E-state index contributed by atoms with van der Waals surface area (Å²) in [5.74, 6) is 0.356. The van der Waals surface area contributed by atoms with E-state index in [1.165, 1.54) is 19.0 Å². The van der Waals surface area contributed by atoms with E-state index in [1.807, 2.05) is 0 Å². The molecule has 2 heterocycles. The molecule has 1 unspecified atom stereocenters. The van der Waals surface area contributed by atoms with Crippen molar-refractivity contribution in [2.45, 2.75) is 39.2 Å². The molecule has 1 aliphatic rings. The Morgan fingerprint density at radius 2 is 2.15 bits per heavy atom. The lowest BCUT2D eigenvalue weighted by Crippen LogP contribution is -2.33. The predicted molar refractivity (Wildman–Crippen MR) is 79.5 cm³/mol. The molecule has 1 fully saturated rings. The summed E-state index contributed by atoms with van der Waals surface area (Å²) >= 11 is 0. The van der Waals surface area contributed by atoms with Crippen molar-refractivity contribution in [1.82, 2.24) is 14.9 Å². The number of aromatic nitrogens is 2. The third-order valence-corrected chi connectivity index (χ3v) is 3.39. The van der Waals surface area contributed by atoms with Crippen LogP contribution in [0.5, 0.6) is 0 Å². The highest BCUT2D eigenvalue weighted by Crippen LogP contribution is 2.14. The van der Waals surface area contributed by atoms with Crippen LogP contribution < -0.4 is 10.6 Å². The summed E-state index contributed by atoms with van der Waals surface area (Å²) in [5, 5.41) is 6.22. The average Bonchev–Trinajstić information content (AvgIpc) is 2.92. The first-order valence-electron chi connectivity index (χ1n) is 7.44. The number of nitrogens with one attached hydrogen (secondary N) is 2. The largest absolute Gasteiger partial charge is 0.364 e. The third-order valence-electron chi connectivity index (χ3n) is 3.39. The number of hydrogen-bond acceptors (Lipinski definition) is 5. The minimum Gasteiger partial charge on any atom is -0.364 e. The van der Waals surface area contributed by atoms with E-state index in [9.17, 15) is 4.39 Å². The van der Waals surface area contributed by atoms with Gasteiger partial charge in [-0.15, -0.1) is 0 Å². The molecule has 0 radical (unpaired) electrons. The van der Waals surface area contributed by atoms with Gasteiger partial charge in [0.15, 0.2) is 11.6 Å². The van der Waals surface area contributed by atoms with Gasteiger partial charge in [-0.2, -0.15) is 4.98 Å². The van der Waals surface area contributed by atoms with Gasteiger partial charge in [0.25, 0.3) is 0 Å². The maximum Gasteiger partial charge on any atom is 0.224 e. The molecule has 2 N–H and O–H groups in total. The van der Waals surface area contributed by atoms with Gasteiger partial charge in [-0.05, 0) is 39.3 Å². The third kappa shape index (κ3) is 4.30. The van der Waals surface area contributed by atoms with E-state index in [-0.39, 0.29) is 11.9 Å². The fraction of sp³-hybridized carbons (Fsp3) is 0.714. The van der Waals surface area contributed by atoms with Gasteiger partial charge >= 0.3 is 0 Å². The molecule has 0 aliphatic carbocycles. The van der Waals surface area contributed by atoms with Crippen LogP contribution in [0.15, 0.2) is 6.20 Å². The van der Waals surface area contributed by atoms with Gasteiger partial charge in [-0.1, -0.05) is 6.92 Å². The smallest absolute Gasteiger partial charge is 0.224 e. The first-order chi connectivity index (χ1) is 9.69. The van der Waals surface area contributed by atoms with Gasteiger partial charge in [0.2, 0.25) is 5.95 Å². The zero-order chi connectivity index (χ0) is 14.4. The molecular weight excluding hydrogens is 257 g/mol. The lowest BCUT2D eigenvalue weighted by Gasteiger charge is -2.21. The molecule has 20 heavy (non-hydrogen) atoms. The van der Waals surface area contributed by atoms with Crippen molar-refractivity contribution in [2.75, 3.05) is 36.8 Å². The number of halogens is 1. The van der Waals surface area contributed by atoms with Crippen LogP contribution in [0.1, 0.15) is 33.1 Å². The Labute approximate surface area is 120 Å². The van der Waals surface area contributed by atoms with Gasteiger partial charge in [-0.25, -0.2) is 9.37 Å². The van der Waals surface area contributed by atoms with Crippen LogP contribution in [0, 0.1) is 5.82 Å². The highest BCUT2D eigenvalue weighted by atomic mass is 19.1. The number of nitrogens with zero attached hydrogens (tertiary/aromatic N) is 3. The Hall–Kier alpha value is -1.43. The van der Waals surface area contributed by atoms with Crippen LogP contribution in [-0.2, 0) is 0 Å². The van der Waals surface area contributed by atoms with Crippen molar-refractivity contribution in [3.63, 3.8) is 0 Å². The highest BCUT2D eigenvalue weighted by molar-refractivity contribution is 5.41. The second kappa shape index (κ2) is 7.38. The molecular formula is C14H24FN5. The Morgan fingerprint density at radius 1 is 1.40 bits per heavy atom. The summed E-state index contributed by atoms with van der Waals surface area (Å²) in [6, 6.07) is 0.163. The molecule has 0 saturated carbocycles. The van der Waals surface area contributed by atoms with Crippen LogP contribution in [0.4, 0.5) is 16.2 Å². The molecule has 1 aromatic rings. The molecule has 0 bridgehead atoms. The minimum absolute atomic E-state index is 0.163. The SMILES string of the molecule is CCCNc1ncc(F)c(NC(C)CN2CCCC2)n1. The second-order valence-corrected chi connectivity index (χ2v) is 5.37. The van der Waals surface area contributed by atoms with Crippen molar-refractivity contribution in [3.8, 4) is 0 Å². The maximum atomic E-state index is 13.7. The number of likely N-dealkylation sites (tertiary alicyclic amines) is 1. The molecule has 1 saturated heterocycles. The van der Waals surface area contributed by atoms with E-state index in [2.05, 4.69) is 39.3 Å². The van der Waals surface area contributed by atoms with E-state index in [0.717, 1.165) is 32.6 Å². The normalized spacial score (nSPS) is 17.1. The first-order valence-corrected chi connectivity index (χ1v) is 7.44. The highest BCUT2D eigenvalue weighted by Gasteiger charge is 2.16. The summed E-state index contributed by atoms with van der Waals surface area (Å²) in [5.41, 5.74) is 0. The quantitative estimate of drug-likeness (QED) is 0.803. The molecule has 112 valence electrons. The molecule has 0 amide bonds.